The molecule has 0 amide bonds. The molecule has 0 spiro atoms. The summed E-state index contributed by atoms with van der Waals surface area (Å²) in [5, 5.41) is 9.34. The minimum absolute atomic E-state index is 0.0234. The normalized spacial score (nSPS) is 9.09. The minimum atomic E-state index is -0.0234. The van der Waals surface area contributed by atoms with Crippen LogP contribution in [0.2, 0.25) is 0 Å². The first-order chi connectivity index (χ1) is 5.38. The van der Waals surface area contributed by atoms with E-state index in [2.05, 4.69) is 20.9 Å². The molecule has 0 aromatic heterocycles. The summed E-state index contributed by atoms with van der Waals surface area (Å²) in [6.45, 7) is 0. The number of halogens is 1. The van der Waals surface area contributed by atoms with Crippen molar-refractivity contribution in [3.05, 3.63) is 29.8 Å². The van der Waals surface area contributed by atoms with Crippen LogP contribution in [0.1, 0.15) is 5.56 Å². The zero-order valence-electron chi connectivity index (χ0n) is 5.75. The Labute approximate surface area is 80.7 Å². The number of hydrogen-bond acceptors (Lipinski definition) is 1. The van der Waals surface area contributed by atoms with Crippen molar-refractivity contribution in [2.24, 2.45) is 0 Å². The Bertz CT molecular complexity index is 280. The molecule has 0 saturated carbocycles. The summed E-state index contributed by atoms with van der Waals surface area (Å²) in [6.07, 6.45) is 0. The van der Waals surface area contributed by atoms with Crippen LogP contribution >= 0.6 is 15.9 Å². The molecule has 1 aromatic carbocycles. The first-order valence-electron chi connectivity index (χ1n) is 3.08. The van der Waals surface area contributed by atoms with Gasteiger partial charge >= 0.3 is 80.7 Å². The average molecular weight is 275 g/mol. The van der Waals surface area contributed by atoms with Gasteiger partial charge in [-0.05, 0) is 0 Å². The Morgan fingerprint density at radius 2 is 2.18 bits per heavy atom. The van der Waals surface area contributed by atoms with Gasteiger partial charge in [-0.2, -0.15) is 0 Å². The molecule has 1 nitrogen and oxygen atoms in total. The van der Waals surface area contributed by atoms with Crippen molar-refractivity contribution in [1.29, 1.82) is 5.26 Å². The number of nitrogens with zero attached hydrogens (tertiary/aromatic N) is 1. The van der Waals surface area contributed by atoms with E-state index in [1.807, 2.05) is 24.3 Å². The van der Waals surface area contributed by atoms with E-state index >= 15 is 0 Å². The molecule has 0 radical (unpaired) electrons. The van der Waals surface area contributed by atoms with Gasteiger partial charge in [0.1, 0.15) is 0 Å². The Morgan fingerprint density at radius 3 is 2.82 bits per heavy atom. The summed E-state index contributed by atoms with van der Waals surface area (Å²) in [7, 11) is 0. The van der Waals surface area contributed by atoms with E-state index in [-0.39, 0.29) is 15.0 Å². The molecule has 11 heavy (non-hydrogen) atoms. The molecule has 0 atom stereocenters. The molecule has 0 heterocycles. The quantitative estimate of drug-likeness (QED) is 0.591. The molecule has 1 aromatic rings. The van der Waals surface area contributed by atoms with E-state index in [0.29, 0.717) is 0 Å². The van der Waals surface area contributed by atoms with Crippen LogP contribution in [0.4, 0.5) is 0 Å². The fraction of sp³-hybridized carbons (Fsp3) is 0.125. The van der Waals surface area contributed by atoms with Crippen LogP contribution < -0.4 is 4.46 Å². The summed E-state index contributed by atoms with van der Waals surface area (Å²) in [5.74, 6) is 0. The Balaban J connectivity index is 2.94. The first kappa shape index (κ1) is 8.80. The fourth-order valence-electron chi connectivity index (χ4n) is 0.763. The van der Waals surface area contributed by atoms with Crippen molar-refractivity contribution in [2.75, 3.05) is 0 Å². The molecule has 1 rings (SSSR count). The summed E-state index contributed by atoms with van der Waals surface area (Å²) < 4.78 is 1.18. The molecule has 0 unspecified atom stereocenters. The van der Waals surface area contributed by atoms with Crippen LogP contribution in [0.5, 0.6) is 0 Å². The second-order valence-electron chi connectivity index (χ2n) is 1.93. The SMILES string of the molecule is N#C[Se]c1ccccc1CBr. The third-order valence-corrected chi connectivity index (χ3v) is 3.36. The third-order valence-electron chi connectivity index (χ3n) is 1.27. The van der Waals surface area contributed by atoms with Gasteiger partial charge in [0.2, 0.25) is 0 Å². The molecule has 0 saturated heterocycles. The van der Waals surface area contributed by atoms with E-state index < -0.39 is 0 Å². The first-order valence-corrected chi connectivity index (χ1v) is 5.91. The maximum absolute atomic E-state index is 8.50. The van der Waals surface area contributed by atoms with E-state index in [9.17, 15) is 0 Å². The van der Waals surface area contributed by atoms with Crippen LogP contribution in [-0.2, 0) is 5.33 Å². The van der Waals surface area contributed by atoms with Gasteiger partial charge in [0.25, 0.3) is 0 Å². The topological polar surface area (TPSA) is 23.8 Å². The van der Waals surface area contributed by atoms with Gasteiger partial charge < -0.3 is 0 Å². The van der Waals surface area contributed by atoms with E-state index in [4.69, 9.17) is 5.26 Å². The van der Waals surface area contributed by atoms with Crippen LogP contribution in [0.3, 0.4) is 0 Å². The number of nitriles is 1. The maximum atomic E-state index is 8.50. The number of alkyl halides is 1. The van der Waals surface area contributed by atoms with E-state index in [1.165, 1.54) is 10.0 Å². The van der Waals surface area contributed by atoms with Crippen LogP contribution in [0, 0.1) is 10.2 Å². The van der Waals surface area contributed by atoms with Gasteiger partial charge in [0.05, 0.1) is 0 Å². The van der Waals surface area contributed by atoms with Crippen molar-refractivity contribution < 1.29 is 0 Å². The monoisotopic (exact) mass is 275 g/mol. The predicted molar refractivity (Wildman–Crippen MR) is 50.1 cm³/mol. The Kier molecular flexibility index (Phi) is 3.65. The van der Waals surface area contributed by atoms with E-state index in [1.54, 1.807) is 0 Å². The van der Waals surface area contributed by atoms with Gasteiger partial charge in [-0.25, -0.2) is 0 Å². The van der Waals surface area contributed by atoms with Crippen LogP contribution in [0.15, 0.2) is 24.3 Å². The van der Waals surface area contributed by atoms with Crippen LogP contribution in [-0.4, -0.2) is 15.0 Å². The van der Waals surface area contributed by atoms with Crippen molar-refractivity contribution >= 4 is 35.3 Å². The number of hydrogen-bond donors (Lipinski definition) is 0. The molecule has 0 fully saturated rings. The summed E-state index contributed by atoms with van der Waals surface area (Å²) >= 11 is 3.36. The number of benzene rings is 1. The standard InChI is InChI=1S/C8H6BrNSe/c9-5-7-3-1-2-4-8(7)11-6-10/h1-4H,5H2. The van der Waals surface area contributed by atoms with E-state index in [0.717, 1.165) is 5.33 Å². The predicted octanol–water partition coefficient (Wildman–Crippen LogP) is 1.39. The molecule has 56 valence electrons. The van der Waals surface area contributed by atoms with Gasteiger partial charge in [-0.15, -0.1) is 0 Å². The van der Waals surface area contributed by atoms with Gasteiger partial charge in [-0.1, -0.05) is 0 Å². The van der Waals surface area contributed by atoms with Crippen LogP contribution in [0.25, 0.3) is 0 Å². The second kappa shape index (κ2) is 4.56. The number of rotatable bonds is 2. The zero-order valence-corrected chi connectivity index (χ0v) is 9.05. The van der Waals surface area contributed by atoms with Gasteiger partial charge in [-0.3, -0.25) is 0 Å². The molecular weight excluding hydrogens is 269 g/mol. The molecule has 0 N–H and O–H groups in total. The molecule has 0 aliphatic rings. The molecule has 0 aliphatic carbocycles. The van der Waals surface area contributed by atoms with Crippen molar-refractivity contribution in [3.63, 3.8) is 0 Å². The van der Waals surface area contributed by atoms with Gasteiger partial charge in [0, 0.05) is 0 Å². The summed E-state index contributed by atoms with van der Waals surface area (Å²) in [5.41, 5.74) is 1.23. The molecular formula is C8H6BrNSe. The molecule has 0 aliphatic heterocycles. The Hall–Kier alpha value is -0.291. The summed E-state index contributed by atoms with van der Waals surface area (Å²) in [6, 6.07) is 8.02. The fourth-order valence-corrected chi connectivity index (χ4v) is 2.75. The average Bonchev–Trinajstić information content (AvgIpc) is 2.06. The van der Waals surface area contributed by atoms with Crippen molar-refractivity contribution in [2.45, 2.75) is 5.33 Å². The Morgan fingerprint density at radius 1 is 1.45 bits per heavy atom. The molecule has 3 heteroatoms. The molecule has 0 bridgehead atoms. The second-order valence-corrected chi connectivity index (χ2v) is 4.23. The third kappa shape index (κ3) is 2.34. The summed E-state index contributed by atoms with van der Waals surface area (Å²) in [4.78, 5) is 2.20. The van der Waals surface area contributed by atoms with Gasteiger partial charge in [0.15, 0.2) is 0 Å². The van der Waals surface area contributed by atoms with Crippen molar-refractivity contribution in [1.82, 2.24) is 0 Å². The van der Waals surface area contributed by atoms with Crippen molar-refractivity contribution in [3.8, 4) is 4.97 Å². The zero-order chi connectivity index (χ0) is 8.10.